The number of ether oxygens (including phenoxy) is 2. The number of hydrogen-bond donors (Lipinski definition) is 2. The Kier molecular flexibility index (Phi) is 12.1. The van der Waals surface area contributed by atoms with Crippen LogP contribution in [0.1, 0.15) is 72.3 Å². The van der Waals surface area contributed by atoms with Gasteiger partial charge in [0.2, 0.25) is 5.91 Å². The van der Waals surface area contributed by atoms with E-state index in [-0.39, 0.29) is 18.1 Å². The van der Waals surface area contributed by atoms with Gasteiger partial charge in [-0.3, -0.25) is 4.79 Å². The second kappa shape index (κ2) is 14.0. The molecule has 1 atom stereocenters. The van der Waals surface area contributed by atoms with Crippen molar-refractivity contribution in [2.24, 2.45) is 0 Å². The molecular formula is C24H40N2O4. The molecule has 0 bridgehead atoms. The Hall–Kier alpha value is -2.08. The lowest BCUT2D eigenvalue weighted by Crippen LogP contribution is -2.43. The Labute approximate surface area is 182 Å². The van der Waals surface area contributed by atoms with Crippen LogP contribution < -0.4 is 15.4 Å². The highest BCUT2D eigenvalue weighted by Gasteiger charge is 2.22. The number of benzene rings is 1. The number of esters is 1. The zero-order chi connectivity index (χ0) is 22.4. The molecule has 0 heterocycles. The van der Waals surface area contributed by atoms with Crippen molar-refractivity contribution >= 4 is 11.9 Å². The van der Waals surface area contributed by atoms with Gasteiger partial charge in [-0.1, -0.05) is 38.3 Å². The van der Waals surface area contributed by atoms with E-state index in [1.807, 2.05) is 24.3 Å². The van der Waals surface area contributed by atoms with Gasteiger partial charge in [-0.15, -0.1) is 0 Å². The molecule has 0 aliphatic heterocycles. The smallest absolute Gasteiger partial charge is 0.328 e. The molecule has 0 spiro atoms. The molecule has 1 amide bonds. The Bertz CT molecular complexity index is 623. The van der Waals surface area contributed by atoms with Crippen LogP contribution in [0.3, 0.4) is 0 Å². The molecule has 0 aromatic heterocycles. The second-order valence-electron chi connectivity index (χ2n) is 8.56. The number of rotatable bonds is 14. The van der Waals surface area contributed by atoms with E-state index in [1.54, 1.807) is 6.92 Å². The Morgan fingerprint density at radius 2 is 1.73 bits per heavy atom. The monoisotopic (exact) mass is 420 g/mol. The largest absolute Gasteiger partial charge is 0.492 e. The van der Waals surface area contributed by atoms with Crippen molar-refractivity contribution < 1.29 is 19.1 Å². The summed E-state index contributed by atoms with van der Waals surface area (Å²) in [5.74, 6) is 0.283. The standard InChI is InChI=1S/C24H40N2O4/c1-6-8-9-10-11-22(27)26-21(23(28)29-7-2)18-19-12-14-20(15-13-19)30-17-16-25-24(3,4)5/h12-15,21,25H,6-11,16-18H2,1-5H3,(H,26,27)/t21-/m0/s1. The first-order chi connectivity index (χ1) is 14.2. The zero-order valence-electron chi connectivity index (χ0n) is 19.4. The molecule has 1 aromatic carbocycles. The quantitative estimate of drug-likeness (QED) is 0.351. The molecular weight excluding hydrogens is 380 g/mol. The van der Waals surface area contributed by atoms with E-state index < -0.39 is 12.0 Å². The first kappa shape index (κ1) is 26.0. The maximum Gasteiger partial charge on any atom is 0.328 e. The average molecular weight is 421 g/mol. The van der Waals surface area contributed by atoms with Gasteiger partial charge in [0, 0.05) is 24.9 Å². The molecule has 0 fully saturated rings. The maximum atomic E-state index is 12.3. The van der Waals surface area contributed by atoms with Gasteiger partial charge in [-0.2, -0.15) is 0 Å². The minimum absolute atomic E-state index is 0.0652. The van der Waals surface area contributed by atoms with Gasteiger partial charge < -0.3 is 20.1 Å². The van der Waals surface area contributed by atoms with E-state index in [1.165, 1.54) is 0 Å². The van der Waals surface area contributed by atoms with Crippen molar-refractivity contribution in [2.75, 3.05) is 19.8 Å². The van der Waals surface area contributed by atoms with Crippen molar-refractivity contribution in [3.05, 3.63) is 29.8 Å². The zero-order valence-corrected chi connectivity index (χ0v) is 19.4. The van der Waals surface area contributed by atoms with Crippen LogP contribution in [-0.4, -0.2) is 43.2 Å². The molecule has 2 N–H and O–H groups in total. The van der Waals surface area contributed by atoms with E-state index in [0.29, 0.717) is 19.4 Å². The van der Waals surface area contributed by atoms with Crippen LogP contribution in [0.25, 0.3) is 0 Å². The number of unbranched alkanes of at least 4 members (excludes halogenated alkanes) is 3. The fourth-order valence-corrected chi connectivity index (χ4v) is 2.97. The molecule has 30 heavy (non-hydrogen) atoms. The molecule has 0 unspecified atom stereocenters. The third-order valence-corrected chi connectivity index (χ3v) is 4.55. The lowest BCUT2D eigenvalue weighted by atomic mass is 10.1. The normalized spacial score (nSPS) is 12.3. The van der Waals surface area contributed by atoms with Crippen LogP contribution in [0.5, 0.6) is 5.75 Å². The predicted octanol–water partition coefficient (Wildman–Crippen LogP) is 4.01. The summed E-state index contributed by atoms with van der Waals surface area (Å²) in [5, 5.41) is 6.22. The fraction of sp³-hybridized carbons (Fsp3) is 0.667. The molecule has 170 valence electrons. The third kappa shape index (κ3) is 11.8. The van der Waals surface area contributed by atoms with Crippen LogP contribution in [0.15, 0.2) is 24.3 Å². The molecule has 0 radical (unpaired) electrons. The number of hydrogen-bond acceptors (Lipinski definition) is 5. The first-order valence-corrected chi connectivity index (χ1v) is 11.2. The van der Waals surface area contributed by atoms with Crippen LogP contribution >= 0.6 is 0 Å². The van der Waals surface area contributed by atoms with E-state index in [4.69, 9.17) is 9.47 Å². The number of nitrogens with one attached hydrogen (secondary N) is 2. The minimum Gasteiger partial charge on any atom is -0.492 e. The van der Waals surface area contributed by atoms with E-state index in [9.17, 15) is 9.59 Å². The van der Waals surface area contributed by atoms with E-state index in [2.05, 4.69) is 38.3 Å². The lowest BCUT2D eigenvalue weighted by molar-refractivity contribution is -0.147. The minimum atomic E-state index is -0.675. The highest BCUT2D eigenvalue weighted by molar-refractivity contribution is 5.84. The van der Waals surface area contributed by atoms with Gasteiger partial charge in [0.05, 0.1) is 6.61 Å². The van der Waals surface area contributed by atoms with Gasteiger partial charge in [0.15, 0.2) is 0 Å². The Balaban J connectivity index is 2.57. The second-order valence-corrected chi connectivity index (χ2v) is 8.56. The molecule has 1 rings (SSSR count). The highest BCUT2D eigenvalue weighted by atomic mass is 16.5. The van der Waals surface area contributed by atoms with Crippen molar-refractivity contribution in [3.63, 3.8) is 0 Å². The van der Waals surface area contributed by atoms with Gasteiger partial charge in [-0.05, 0) is 51.8 Å². The number of carbonyl (C=O) groups excluding carboxylic acids is 2. The van der Waals surface area contributed by atoms with Gasteiger partial charge in [-0.25, -0.2) is 4.79 Å². The maximum absolute atomic E-state index is 12.3. The molecule has 0 saturated carbocycles. The van der Waals surface area contributed by atoms with Crippen LogP contribution in [0.4, 0.5) is 0 Å². The summed E-state index contributed by atoms with van der Waals surface area (Å²) in [6.45, 7) is 11.9. The number of carbonyl (C=O) groups is 2. The summed E-state index contributed by atoms with van der Waals surface area (Å²) in [5.41, 5.74) is 1.01. The summed E-state index contributed by atoms with van der Waals surface area (Å²) in [6, 6.07) is 6.95. The summed E-state index contributed by atoms with van der Waals surface area (Å²) >= 11 is 0. The highest BCUT2D eigenvalue weighted by Crippen LogP contribution is 2.14. The molecule has 0 saturated heterocycles. The van der Waals surface area contributed by atoms with Crippen molar-refractivity contribution in [3.8, 4) is 5.75 Å². The van der Waals surface area contributed by atoms with Gasteiger partial charge in [0.25, 0.3) is 0 Å². The van der Waals surface area contributed by atoms with Crippen molar-refractivity contribution in [1.82, 2.24) is 10.6 Å². The van der Waals surface area contributed by atoms with Crippen LogP contribution in [-0.2, 0) is 20.7 Å². The van der Waals surface area contributed by atoms with Crippen molar-refractivity contribution in [1.29, 1.82) is 0 Å². The topological polar surface area (TPSA) is 76.7 Å². The summed E-state index contributed by atoms with van der Waals surface area (Å²) < 4.78 is 10.9. The number of amides is 1. The molecule has 1 aromatic rings. The average Bonchev–Trinajstić information content (AvgIpc) is 2.69. The van der Waals surface area contributed by atoms with Gasteiger partial charge >= 0.3 is 5.97 Å². The first-order valence-electron chi connectivity index (χ1n) is 11.2. The molecule has 0 aliphatic carbocycles. The molecule has 6 heteroatoms. The van der Waals surface area contributed by atoms with Crippen LogP contribution in [0, 0.1) is 0 Å². The summed E-state index contributed by atoms with van der Waals surface area (Å²) in [6.07, 6.45) is 4.94. The molecule has 6 nitrogen and oxygen atoms in total. The summed E-state index contributed by atoms with van der Waals surface area (Å²) in [7, 11) is 0. The van der Waals surface area contributed by atoms with E-state index >= 15 is 0 Å². The Morgan fingerprint density at radius 1 is 1.03 bits per heavy atom. The Morgan fingerprint density at radius 3 is 2.33 bits per heavy atom. The fourth-order valence-electron chi connectivity index (χ4n) is 2.97. The van der Waals surface area contributed by atoms with Crippen LogP contribution in [0.2, 0.25) is 0 Å². The molecule has 0 aliphatic rings. The van der Waals surface area contributed by atoms with E-state index in [0.717, 1.165) is 43.5 Å². The lowest BCUT2D eigenvalue weighted by Gasteiger charge is -2.20. The predicted molar refractivity (Wildman–Crippen MR) is 121 cm³/mol. The SMILES string of the molecule is CCCCCCC(=O)N[C@@H](Cc1ccc(OCCNC(C)(C)C)cc1)C(=O)OCC. The van der Waals surface area contributed by atoms with Crippen molar-refractivity contribution in [2.45, 2.75) is 84.7 Å². The third-order valence-electron chi connectivity index (χ3n) is 4.55. The summed E-state index contributed by atoms with van der Waals surface area (Å²) in [4.78, 5) is 24.6. The van der Waals surface area contributed by atoms with Gasteiger partial charge in [0.1, 0.15) is 18.4 Å².